The Morgan fingerprint density at radius 1 is 1.29 bits per heavy atom. The maximum atomic E-state index is 10.0. The van der Waals surface area contributed by atoms with Gasteiger partial charge >= 0.3 is 0 Å². The Balaban J connectivity index is 0.000000255. The molecule has 0 aliphatic rings. The van der Waals surface area contributed by atoms with Crippen molar-refractivity contribution >= 4 is 12.6 Å². The van der Waals surface area contributed by atoms with Gasteiger partial charge in [0.2, 0.25) is 0 Å². The number of rotatable bonds is 3. The second-order valence-corrected chi connectivity index (χ2v) is 2.78. The van der Waals surface area contributed by atoms with Gasteiger partial charge in [0.05, 0.1) is 6.10 Å². The van der Waals surface area contributed by atoms with E-state index in [1.165, 1.54) is 0 Å². The van der Waals surface area contributed by atoms with Gasteiger partial charge in [0.1, 0.15) is 12.6 Å². The van der Waals surface area contributed by atoms with Crippen molar-refractivity contribution in [1.29, 1.82) is 0 Å². The topological polar surface area (TPSA) is 54.4 Å². The van der Waals surface area contributed by atoms with E-state index < -0.39 is 6.10 Å². The summed E-state index contributed by atoms with van der Waals surface area (Å²) in [6.07, 6.45) is 1.31. The van der Waals surface area contributed by atoms with E-state index in [1.54, 1.807) is 19.1 Å². The SMILES string of the molecule is CC(O)CC=O.O=Cc1ccccc1. The molecule has 3 heteroatoms. The van der Waals surface area contributed by atoms with Crippen molar-refractivity contribution in [2.24, 2.45) is 0 Å². The van der Waals surface area contributed by atoms with Crippen LogP contribution >= 0.6 is 0 Å². The maximum absolute atomic E-state index is 10.0. The Kier molecular flexibility index (Phi) is 7.27. The molecule has 1 rings (SSSR count). The minimum absolute atomic E-state index is 0.250. The van der Waals surface area contributed by atoms with Crippen molar-refractivity contribution < 1.29 is 14.7 Å². The molecular formula is C11H14O3. The molecular weight excluding hydrogens is 180 g/mol. The van der Waals surface area contributed by atoms with Gasteiger partial charge in [-0.1, -0.05) is 30.3 Å². The van der Waals surface area contributed by atoms with Gasteiger partial charge in [0.15, 0.2) is 0 Å². The fourth-order valence-electron chi connectivity index (χ4n) is 0.671. The predicted octanol–water partition coefficient (Wildman–Crippen LogP) is 1.46. The smallest absolute Gasteiger partial charge is 0.150 e. The van der Waals surface area contributed by atoms with E-state index in [2.05, 4.69) is 0 Å². The zero-order chi connectivity index (χ0) is 10.8. The van der Waals surface area contributed by atoms with E-state index in [0.29, 0.717) is 6.29 Å². The number of carbonyl (C=O) groups excluding carboxylic acids is 2. The Morgan fingerprint density at radius 2 is 1.86 bits per heavy atom. The van der Waals surface area contributed by atoms with Gasteiger partial charge in [0, 0.05) is 12.0 Å². The zero-order valence-corrected chi connectivity index (χ0v) is 8.09. The lowest BCUT2D eigenvalue weighted by Crippen LogP contribution is -1.97. The van der Waals surface area contributed by atoms with Gasteiger partial charge < -0.3 is 9.90 Å². The second-order valence-electron chi connectivity index (χ2n) is 2.78. The lowest BCUT2D eigenvalue weighted by Gasteiger charge is -1.89. The maximum Gasteiger partial charge on any atom is 0.150 e. The first kappa shape index (κ1) is 12.5. The molecule has 0 aliphatic carbocycles. The molecule has 3 nitrogen and oxygen atoms in total. The third-order valence-corrected chi connectivity index (χ3v) is 1.37. The highest BCUT2D eigenvalue weighted by molar-refractivity contribution is 5.74. The van der Waals surface area contributed by atoms with Gasteiger partial charge in [-0.05, 0) is 6.92 Å². The van der Waals surface area contributed by atoms with E-state index >= 15 is 0 Å². The molecule has 0 fully saturated rings. The van der Waals surface area contributed by atoms with Crippen LogP contribution in [0.5, 0.6) is 0 Å². The van der Waals surface area contributed by atoms with E-state index in [4.69, 9.17) is 5.11 Å². The average molecular weight is 194 g/mol. The zero-order valence-electron chi connectivity index (χ0n) is 8.09. The van der Waals surface area contributed by atoms with E-state index in [-0.39, 0.29) is 6.42 Å². The van der Waals surface area contributed by atoms with Crippen LogP contribution in [0.3, 0.4) is 0 Å². The molecule has 1 N–H and O–H groups in total. The van der Waals surface area contributed by atoms with Crippen LogP contribution in [0.2, 0.25) is 0 Å². The minimum atomic E-state index is -0.470. The molecule has 1 aromatic rings. The minimum Gasteiger partial charge on any atom is -0.393 e. The fourth-order valence-corrected chi connectivity index (χ4v) is 0.671. The van der Waals surface area contributed by atoms with E-state index in [1.807, 2.05) is 18.2 Å². The molecule has 0 saturated heterocycles. The number of carbonyl (C=O) groups is 2. The Morgan fingerprint density at radius 3 is 2.07 bits per heavy atom. The predicted molar refractivity (Wildman–Crippen MR) is 54.2 cm³/mol. The summed E-state index contributed by atoms with van der Waals surface area (Å²) in [7, 11) is 0. The number of aldehydes is 2. The molecule has 1 atom stereocenters. The van der Waals surface area contributed by atoms with Crippen LogP contribution in [0.4, 0.5) is 0 Å². The first-order valence-corrected chi connectivity index (χ1v) is 4.32. The molecule has 0 bridgehead atoms. The summed E-state index contributed by atoms with van der Waals surface area (Å²) in [5.41, 5.74) is 0.729. The number of hydrogen-bond acceptors (Lipinski definition) is 3. The standard InChI is InChI=1S/C7H6O.C4H8O2/c8-6-7-4-2-1-3-5-7;1-4(6)2-3-5/h1-6H;3-4,6H,2H2,1H3. The second kappa shape index (κ2) is 8.13. The van der Waals surface area contributed by atoms with Crippen LogP contribution in [-0.2, 0) is 4.79 Å². The van der Waals surface area contributed by atoms with Crippen molar-refractivity contribution in [2.45, 2.75) is 19.4 Å². The molecule has 76 valence electrons. The normalized spacial score (nSPS) is 10.7. The third kappa shape index (κ3) is 7.18. The molecule has 0 heterocycles. The Bertz CT molecular complexity index is 254. The number of aliphatic hydroxyl groups is 1. The van der Waals surface area contributed by atoms with E-state index in [9.17, 15) is 9.59 Å². The van der Waals surface area contributed by atoms with E-state index in [0.717, 1.165) is 11.8 Å². The highest BCUT2D eigenvalue weighted by Crippen LogP contribution is 1.91. The highest BCUT2D eigenvalue weighted by Gasteiger charge is 1.87. The molecule has 0 radical (unpaired) electrons. The molecule has 1 aromatic carbocycles. The summed E-state index contributed by atoms with van der Waals surface area (Å²) in [4.78, 5) is 19.5. The highest BCUT2D eigenvalue weighted by atomic mass is 16.3. The van der Waals surface area contributed by atoms with Crippen molar-refractivity contribution in [3.05, 3.63) is 35.9 Å². The fraction of sp³-hybridized carbons (Fsp3) is 0.273. The molecule has 0 amide bonds. The van der Waals surface area contributed by atoms with Gasteiger partial charge in [-0.15, -0.1) is 0 Å². The lowest BCUT2D eigenvalue weighted by molar-refractivity contribution is -0.109. The monoisotopic (exact) mass is 194 g/mol. The van der Waals surface area contributed by atoms with Crippen molar-refractivity contribution in [3.63, 3.8) is 0 Å². The van der Waals surface area contributed by atoms with Gasteiger partial charge in [-0.3, -0.25) is 4.79 Å². The molecule has 0 aliphatic heterocycles. The average Bonchev–Trinajstić information content (AvgIpc) is 2.20. The number of hydrogen-bond donors (Lipinski definition) is 1. The van der Waals surface area contributed by atoms with Crippen molar-refractivity contribution in [3.8, 4) is 0 Å². The summed E-state index contributed by atoms with van der Waals surface area (Å²) in [6.45, 7) is 1.58. The molecule has 0 spiro atoms. The van der Waals surface area contributed by atoms with Crippen LogP contribution in [0, 0.1) is 0 Å². The van der Waals surface area contributed by atoms with Crippen LogP contribution in [0.25, 0.3) is 0 Å². The molecule has 0 aromatic heterocycles. The first-order chi connectivity index (χ1) is 6.70. The summed E-state index contributed by atoms with van der Waals surface area (Å²) in [5.74, 6) is 0. The summed E-state index contributed by atoms with van der Waals surface area (Å²) < 4.78 is 0. The van der Waals surface area contributed by atoms with Crippen LogP contribution in [0.1, 0.15) is 23.7 Å². The third-order valence-electron chi connectivity index (χ3n) is 1.37. The summed E-state index contributed by atoms with van der Waals surface area (Å²) in [6, 6.07) is 9.10. The summed E-state index contributed by atoms with van der Waals surface area (Å²) in [5, 5.41) is 8.32. The number of benzene rings is 1. The van der Waals surface area contributed by atoms with Gasteiger partial charge in [-0.25, -0.2) is 0 Å². The Labute approximate surface area is 83.4 Å². The first-order valence-electron chi connectivity index (χ1n) is 4.32. The van der Waals surface area contributed by atoms with Crippen LogP contribution < -0.4 is 0 Å². The molecule has 1 unspecified atom stereocenters. The molecule has 0 saturated carbocycles. The largest absolute Gasteiger partial charge is 0.393 e. The Hall–Kier alpha value is -1.48. The van der Waals surface area contributed by atoms with Gasteiger partial charge in [0.25, 0.3) is 0 Å². The van der Waals surface area contributed by atoms with Gasteiger partial charge in [-0.2, -0.15) is 0 Å². The van der Waals surface area contributed by atoms with Crippen LogP contribution in [0.15, 0.2) is 30.3 Å². The van der Waals surface area contributed by atoms with Crippen molar-refractivity contribution in [1.82, 2.24) is 0 Å². The summed E-state index contributed by atoms with van der Waals surface area (Å²) >= 11 is 0. The van der Waals surface area contributed by atoms with Crippen LogP contribution in [-0.4, -0.2) is 23.8 Å². The quantitative estimate of drug-likeness (QED) is 0.741. The molecule has 14 heavy (non-hydrogen) atoms. The number of aliphatic hydroxyl groups excluding tert-OH is 1. The van der Waals surface area contributed by atoms with Crippen molar-refractivity contribution in [2.75, 3.05) is 0 Å². The lowest BCUT2D eigenvalue weighted by atomic mass is 10.2.